The van der Waals surface area contributed by atoms with E-state index in [2.05, 4.69) is 9.97 Å². The van der Waals surface area contributed by atoms with Crippen LogP contribution >= 0.6 is 11.8 Å². The van der Waals surface area contributed by atoms with E-state index in [9.17, 15) is 8.42 Å². The zero-order valence-electron chi connectivity index (χ0n) is 17.2. The van der Waals surface area contributed by atoms with Crippen LogP contribution in [0.5, 0.6) is 0 Å². The average molecular weight is 458 g/mol. The fraction of sp³-hybridized carbons (Fsp3) is 0.400. The van der Waals surface area contributed by atoms with Gasteiger partial charge in [-0.2, -0.15) is 9.57 Å². The van der Waals surface area contributed by atoms with E-state index in [0.717, 1.165) is 30.6 Å². The number of anilines is 1. The van der Waals surface area contributed by atoms with Crippen molar-refractivity contribution in [2.24, 2.45) is 0 Å². The van der Waals surface area contributed by atoms with E-state index in [1.165, 1.54) is 18.0 Å². The number of hydrogen-bond donors (Lipinski definition) is 1. The highest BCUT2D eigenvalue weighted by molar-refractivity contribution is 7.98. The van der Waals surface area contributed by atoms with Crippen molar-refractivity contribution in [3.8, 4) is 6.07 Å². The van der Waals surface area contributed by atoms with Gasteiger partial charge in [0.05, 0.1) is 27.9 Å². The van der Waals surface area contributed by atoms with Crippen molar-refractivity contribution in [3.05, 3.63) is 35.8 Å². The van der Waals surface area contributed by atoms with Crippen LogP contribution in [0.2, 0.25) is 0 Å². The third kappa shape index (κ3) is 4.23. The maximum Gasteiger partial charge on any atom is 0.243 e. The topological polar surface area (TPSA) is 131 Å². The molecule has 0 saturated carbocycles. The minimum absolute atomic E-state index is 0.150. The molecule has 162 valence electrons. The Balaban J connectivity index is 1.61. The van der Waals surface area contributed by atoms with Crippen molar-refractivity contribution in [2.45, 2.75) is 48.5 Å². The molecule has 31 heavy (non-hydrogen) atoms. The van der Waals surface area contributed by atoms with Gasteiger partial charge in [0.15, 0.2) is 5.16 Å². The summed E-state index contributed by atoms with van der Waals surface area (Å²) in [6.07, 6.45) is 4.28. The summed E-state index contributed by atoms with van der Waals surface area (Å²) in [6.45, 7) is 3.85. The zero-order chi connectivity index (χ0) is 22.0. The van der Waals surface area contributed by atoms with Gasteiger partial charge in [-0.05, 0) is 38.0 Å². The molecule has 3 aromatic rings. The Morgan fingerprint density at radius 1 is 1.23 bits per heavy atom. The number of fused-ring (bicyclic) bond motifs is 1. The molecule has 0 unspecified atom stereocenters. The molecule has 0 bridgehead atoms. The Morgan fingerprint density at radius 3 is 2.68 bits per heavy atom. The number of piperidine rings is 1. The third-order valence-electron chi connectivity index (χ3n) is 5.31. The Labute approximate surface area is 185 Å². The summed E-state index contributed by atoms with van der Waals surface area (Å²) in [5.74, 6) is 1.43. The van der Waals surface area contributed by atoms with Gasteiger partial charge in [-0.15, -0.1) is 0 Å². The first-order valence-electron chi connectivity index (χ1n) is 10.1. The molecule has 1 fully saturated rings. The number of rotatable bonds is 6. The number of nitrogens with zero attached hydrogens (tertiary/aromatic N) is 6. The van der Waals surface area contributed by atoms with Gasteiger partial charge in [-0.25, -0.2) is 23.4 Å². The summed E-state index contributed by atoms with van der Waals surface area (Å²) < 4.78 is 29.7. The summed E-state index contributed by atoms with van der Waals surface area (Å²) in [7, 11) is -3.51. The first-order chi connectivity index (χ1) is 14.9. The number of nitrogens with two attached hydrogens (primary N) is 1. The molecule has 1 aromatic carbocycles. The summed E-state index contributed by atoms with van der Waals surface area (Å²) in [5, 5.41) is 9.41. The maximum absolute atomic E-state index is 13.0. The number of aryl methyl sites for hydroxylation is 1. The molecule has 0 spiro atoms. The first kappa shape index (κ1) is 21.5. The zero-order valence-corrected chi connectivity index (χ0v) is 18.8. The highest BCUT2D eigenvalue weighted by Gasteiger charge is 2.26. The average Bonchev–Trinajstić information content (AvgIpc) is 3.15. The molecular formula is C20H23N7O2S2. The molecule has 9 nitrogen and oxygen atoms in total. The van der Waals surface area contributed by atoms with Crippen LogP contribution < -0.4 is 5.73 Å². The van der Waals surface area contributed by atoms with E-state index < -0.39 is 10.0 Å². The minimum atomic E-state index is -3.51. The molecule has 0 atom stereocenters. The van der Waals surface area contributed by atoms with Crippen LogP contribution in [-0.2, 0) is 22.3 Å². The SMILES string of the molecule is CCn1c(CSc2ncc(C#N)c(N)n2)nc2cc(S(=O)(=O)N3CCCCC3)ccc21. The van der Waals surface area contributed by atoms with Crippen molar-refractivity contribution >= 4 is 38.6 Å². The summed E-state index contributed by atoms with van der Waals surface area (Å²) in [6, 6.07) is 7.10. The van der Waals surface area contributed by atoms with Crippen LogP contribution in [0.4, 0.5) is 5.82 Å². The number of imidazole rings is 1. The molecule has 4 rings (SSSR count). The van der Waals surface area contributed by atoms with Gasteiger partial charge in [-0.1, -0.05) is 18.2 Å². The van der Waals surface area contributed by atoms with Crippen LogP contribution in [0, 0.1) is 11.3 Å². The maximum atomic E-state index is 13.0. The van der Waals surface area contributed by atoms with Crippen molar-refractivity contribution < 1.29 is 8.42 Å². The van der Waals surface area contributed by atoms with Gasteiger partial charge in [0.25, 0.3) is 0 Å². The number of hydrogen-bond acceptors (Lipinski definition) is 8. The quantitative estimate of drug-likeness (QED) is 0.442. The number of nitriles is 1. The van der Waals surface area contributed by atoms with Crippen LogP contribution in [0.3, 0.4) is 0 Å². The number of thioether (sulfide) groups is 1. The number of nitrogen functional groups attached to an aromatic ring is 1. The van der Waals surface area contributed by atoms with Crippen molar-refractivity contribution in [1.29, 1.82) is 5.26 Å². The fourth-order valence-corrected chi connectivity index (χ4v) is 6.01. The van der Waals surface area contributed by atoms with Crippen LogP contribution in [0.1, 0.15) is 37.6 Å². The summed E-state index contributed by atoms with van der Waals surface area (Å²) in [4.78, 5) is 13.3. The lowest BCUT2D eigenvalue weighted by Crippen LogP contribution is -2.35. The second-order valence-electron chi connectivity index (χ2n) is 7.24. The number of benzene rings is 1. The van der Waals surface area contributed by atoms with E-state index in [0.29, 0.717) is 36.1 Å². The highest BCUT2D eigenvalue weighted by Crippen LogP contribution is 2.27. The van der Waals surface area contributed by atoms with E-state index in [1.807, 2.05) is 23.6 Å². The minimum Gasteiger partial charge on any atom is -0.382 e. The van der Waals surface area contributed by atoms with Crippen LogP contribution in [0.25, 0.3) is 11.0 Å². The lowest BCUT2D eigenvalue weighted by Gasteiger charge is -2.25. The van der Waals surface area contributed by atoms with Gasteiger partial charge >= 0.3 is 0 Å². The Morgan fingerprint density at radius 2 is 2.00 bits per heavy atom. The van der Waals surface area contributed by atoms with Crippen molar-refractivity contribution in [2.75, 3.05) is 18.8 Å². The highest BCUT2D eigenvalue weighted by atomic mass is 32.2. The second kappa shape index (κ2) is 8.82. The van der Waals surface area contributed by atoms with Gasteiger partial charge in [0, 0.05) is 19.6 Å². The largest absolute Gasteiger partial charge is 0.382 e. The molecule has 1 saturated heterocycles. The smallest absolute Gasteiger partial charge is 0.243 e. The summed E-state index contributed by atoms with van der Waals surface area (Å²) >= 11 is 1.36. The standard InChI is InChI=1S/C20H23N7O2S2/c1-2-27-17-7-6-15(31(28,29)26-8-4-3-5-9-26)10-16(17)24-18(27)13-30-20-23-12-14(11-21)19(22)25-20/h6-7,10,12H,2-5,8-9,13H2,1H3,(H2,22,23,25). The fourth-order valence-electron chi connectivity index (χ4n) is 3.70. The lowest BCUT2D eigenvalue weighted by molar-refractivity contribution is 0.346. The predicted molar refractivity (Wildman–Crippen MR) is 119 cm³/mol. The molecule has 0 aliphatic carbocycles. The van der Waals surface area contributed by atoms with Crippen LogP contribution in [-0.4, -0.2) is 45.3 Å². The van der Waals surface area contributed by atoms with Gasteiger partial charge in [0.2, 0.25) is 10.0 Å². The van der Waals surface area contributed by atoms with E-state index in [1.54, 1.807) is 16.4 Å². The molecule has 3 heterocycles. The molecule has 0 amide bonds. The first-order valence-corrected chi connectivity index (χ1v) is 12.5. The monoisotopic (exact) mass is 457 g/mol. The molecule has 2 aromatic heterocycles. The Hall–Kier alpha value is -2.68. The number of aromatic nitrogens is 4. The molecule has 2 N–H and O–H groups in total. The molecule has 1 aliphatic heterocycles. The second-order valence-corrected chi connectivity index (χ2v) is 10.1. The van der Waals surface area contributed by atoms with Gasteiger partial charge in [-0.3, -0.25) is 0 Å². The van der Waals surface area contributed by atoms with Crippen molar-refractivity contribution in [3.63, 3.8) is 0 Å². The van der Waals surface area contributed by atoms with Gasteiger partial charge in [0.1, 0.15) is 23.3 Å². The van der Waals surface area contributed by atoms with E-state index >= 15 is 0 Å². The molecule has 1 aliphatic rings. The normalized spacial score (nSPS) is 15.2. The third-order valence-corrected chi connectivity index (χ3v) is 8.07. The van der Waals surface area contributed by atoms with E-state index in [-0.39, 0.29) is 16.3 Å². The summed E-state index contributed by atoms with van der Waals surface area (Å²) in [5.41, 5.74) is 7.55. The Kier molecular flexibility index (Phi) is 6.13. The Bertz CT molecular complexity index is 1260. The molecular weight excluding hydrogens is 434 g/mol. The number of sulfonamides is 1. The van der Waals surface area contributed by atoms with Gasteiger partial charge < -0.3 is 10.3 Å². The van der Waals surface area contributed by atoms with Crippen molar-refractivity contribution in [1.82, 2.24) is 23.8 Å². The molecule has 11 heteroatoms. The molecule has 0 radical (unpaired) electrons. The van der Waals surface area contributed by atoms with Crippen LogP contribution in [0.15, 0.2) is 34.4 Å². The van der Waals surface area contributed by atoms with E-state index in [4.69, 9.17) is 16.0 Å². The predicted octanol–water partition coefficient (Wildman–Crippen LogP) is 2.77. The lowest BCUT2D eigenvalue weighted by atomic mass is 10.2.